The van der Waals surface area contributed by atoms with E-state index in [4.69, 9.17) is 5.10 Å². The molecule has 2 aromatic rings. The van der Waals surface area contributed by atoms with Gasteiger partial charge in [0.2, 0.25) is 0 Å². The van der Waals surface area contributed by atoms with Crippen LogP contribution in [0.25, 0.3) is 5.69 Å². The molecule has 6 heteroatoms. The van der Waals surface area contributed by atoms with Crippen LogP contribution < -0.4 is 5.32 Å². The molecule has 1 amide bonds. The van der Waals surface area contributed by atoms with E-state index in [1.54, 1.807) is 0 Å². The van der Waals surface area contributed by atoms with Gasteiger partial charge in [-0.15, -0.1) is 12.4 Å². The summed E-state index contributed by atoms with van der Waals surface area (Å²) in [6, 6.07) is 8.41. The number of hydrogen-bond acceptors (Lipinski definition) is 3. The second-order valence-electron chi connectivity index (χ2n) is 7.76. The fourth-order valence-electron chi connectivity index (χ4n) is 4.68. The van der Waals surface area contributed by atoms with Crippen molar-refractivity contribution in [2.45, 2.75) is 26.2 Å². The topological polar surface area (TPSA) is 50.2 Å². The van der Waals surface area contributed by atoms with Gasteiger partial charge < -0.3 is 10.2 Å². The molecule has 5 rings (SSSR count). The van der Waals surface area contributed by atoms with Crippen LogP contribution in [0.1, 0.15) is 33.7 Å². The first-order valence-electron chi connectivity index (χ1n) is 9.38. The van der Waals surface area contributed by atoms with Crippen molar-refractivity contribution < 1.29 is 4.79 Å². The highest BCUT2D eigenvalue weighted by Crippen LogP contribution is 2.31. The Bertz CT molecular complexity index is 817. The minimum absolute atomic E-state index is 0. The number of fused-ring (bicyclic) bond motifs is 2. The lowest BCUT2D eigenvalue weighted by molar-refractivity contribution is 0.0774. The molecule has 2 saturated heterocycles. The van der Waals surface area contributed by atoms with E-state index in [0.29, 0.717) is 17.5 Å². The summed E-state index contributed by atoms with van der Waals surface area (Å²) >= 11 is 0. The first-order valence-corrected chi connectivity index (χ1v) is 9.38. The minimum Gasteiger partial charge on any atom is -0.337 e. The van der Waals surface area contributed by atoms with Gasteiger partial charge in [0.1, 0.15) is 0 Å². The number of aryl methyl sites for hydroxylation is 1. The standard InChI is InChI=1S/C20H24N4O.ClH/c1-13-5-7-16(8-6-13)24-18-4-2-3-17(18)19(22-24)20(25)23-11-14-9-21-10-15(14)12-23;/h5-8,14-15,21H,2-4,9-12H2,1H3;1H/t14-,15+;. The normalized spacial score (nSPS) is 23.7. The van der Waals surface area contributed by atoms with Gasteiger partial charge in [-0.3, -0.25) is 4.79 Å². The molecular formula is C20H25ClN4O. The minimum atomic E-state index is 0. The Balaban J connectivity index is 0.00000168. The molecule has 0 radical (unpaired) electrons. The molecule has 1 aromatic heterocycles. The molecule has 0 spiro atoms. The molecule has 1 aliphatic carbocycles. The Morgan fingerprint density at radius 3 is 2.50 bits per heavy atom. The summed E-state index contributed by atoms with van der Waals surface area (Å²) in [6.45, 7) is 5.94. The van der Waals surface area contributed by atoms with Crippen LogP contribution in [0.4, 0.5) is 0 Å². The first-order chi connectivity index (χ1) is 12.2. The van der Waals surface area contributed by atoms with E-state index in [-0.39, 0.29) is 18.3 Å². The zero-order chi connectivity index (χ0) is 17.0. The van der Waals surface area contributed by atoms with Crippen molar-refractivity contribution in [3.8, 4) is 5.69 Å². The summed E-state index contributed by atoms with van der Waals surface area (Å²) in [6.07, 6.45) is 3.11. The van der Waals surface area contributed by atoms with Crippen molar-refractivity contribution in [3.63, 3.8) is 0 Å². The van der Waals surface area contributed by atoms with Crippen molar-refractivity contribution in [3.05, 3.63) is 46.8 Å². The maximum Gasteiger partial charge on any atom is 0.274 e. The number of halogens is 1. The van der Waals surface area contributed by atoms with Crippen LogP contribution in [0.2, 0.25) is 0 Å². The van der Waals surface area contributed by atoms with Crippen molar-refractivity contribution in [1.29, 1.82) is 0 Å². The maximum absolute atomic E-state index is 13.2. The third kappa shape index (κ3) is 2.74. The number of carbonyl (C=O) groups is 1. The second-order valence-corrected chi connectivity index (χ2v) is 7.76. The van der Waals surface area contributed by atoms with Crippen molar-refractivity contribution in [2.24, 2.45) is 11.8 Å². The lowest BCUT2D eigenvalue weighted by atomic mass is 10.0. The molecular weight excluding hydrogens is 348 g/mol. The molecule has 5 nitrogen and oxygen atoms in total. The van der Waals surface area contributed by atoms with Crippen LogP contribution in [-0.2, 0) is 12.8 Å². The van der Waals surface area contributed by atoms with E-state index in [2.05, 4.69) is 36.5 Å². The molecule has 26 heavy (non-hydrogen) atoms. The monoisotopic (exact) mass is 372 g/mol. The fraction of sp³-hybridized carbons (Fsp3) is 0.500. The third-order valence-electron chi connectivity index (χ3n) is 6.09. The van der Waals surface area contributed by atoms with E-state index in [9.17, 15) is 4.79 Å². The molecule has 2 atom stereocenters. The van der Waals surface area contributed by atoms with E-state index < -0.39 is 0 Å². The number of hydrogen-bond donors (Lipinski definition) is 1. The van der Waals surface area contributed by atoms with Gasteiger partial charge in [-0.2, -0.15) is 5.10 Å². The van der Waals surface area contributed by atoms with Gasteiger partial charge in [-0.25, -0.2) is 4.68 Å². The molecule has 138 valence electrons. The molecule has 2 fully saturated rings. The Morgan fingerprint density at radius 2 is 1.81 bits per heavy atom. The number of aromatic nitrogens is 2. The van der Waals surface area contributed by atoms with Gasteiger partial charge in [0.05, 0.1) is 5.69 Å². The number of rotatable bonds is 2. The van der Waals surface area contributed by atoms with E-state index >= 15 is 0 Å². The zero-order valence-electron chi connectivity index (χ0n) is 15.1. The number of carbonyl (C=O) groups excluding carboxylic acids is 1. The number of likely N-dealkylation sites (tertiary alicyclic amines) is 1. The van der Waals surface area contributed by atoms with E-state index in [0.717, 1.165) is 51.1 Å². The predicted molar refractivity (Wildman–Crippen MR) is 103 cm³/mol. The second kappa shape index (κ2) is 6.71. The molecule has 1 N–H and O–H groups in total. The third-order valence-corrected chi connectivity index (χ3v) is 6.09. The molecule has 0 unspecified atom stereocenters. The number of nitrogens with zero attached hydrogens (tertiary/aromatic N) is 3. The lowest BCUT2D eigenvalue weighted by Gasteiger charge is -2.16. The van der Waals surface area contributed by atoms with Crippen LogP contribution in [-0.4, -0.2) is 46.8 Å². The highest BCUT2D eigenvalue weighted by molar-refractivity contribution is 5.94. The number of nitrogens with one attached hydrogen (secondary N) is 1. The SMILES string of the molecule is Cc1ccc(-n2nc(C(=O)N3C[C@H]4CNC[C@H]4C3)c3c2CCC3)cc1.Cl. The van der Waals surface area contributed by atoms with Crippen molar-refractivity contribution in [2.75, 3.05) is 26.2 Å². The van der Waals surface area contributed by atoms with Gasteiger partial charge in [-0.05, 0) is 50.2 Å². The van der Waals surface area contributed by atoms with Gasteiger partial charge in [-0.1, -0.05) is 17.7 Å². The van der Waals surface area contributed by atoms with E-state index in [1.165, 1.54) is 16.8 Å². The Kier molecular flexibility index (Phi) is 4.53. The summed E-state index contributed by atoms with van der Waals surface area (Å²) in [5.41, 5.74) is 5.40. The Labute approximate surface area is 160 Å². The van der Waals surface area contributed by atoms with Crippen molar-refractivity contribution in [1.82, 2.24) is 20.0 Å². The molecule has 2 aliphatic heterocycles. The van der Waals surface area contributed by atoms with Crippen LogP contribution in [0.3, 0.4) is 0 Å². The highest BCUT2D eigenvalue weighted by Gasteiger charge is 2.40. The van der Waals surface area contributed by atoms with Crippen LogP contribution in [0.5, 0.6) is 0 Å². The van der Waals surface area contributed by atoms with Gasteiger partial charge in [0, 0.05) is 37.4 Å². The fourth-order valence-corrected chi connectivity index (χ4v) is 4.68. The van der Waals surface area contributed by atoms with Crippen LogP contribution in [0, 0.1) is 18.8 Å². The summed E-state index contributed by atoms with van der Waals surface area (Å²) in [5.74, 6) is 1.38. The summed E-state index contributed by atoms with van der Waals surface area (Å²) in [4.78, 5) is 15.2. The molecule has 3 aliphatic rings. The first kappa shape index (κ1) is 17.6. The Morgan fingerprint density at radius 1 is 1.12 bits per heavy atom. The summed E-state index contributed by atoms with van der Waals surface area (Å²) in [5, 5.41) is 8.22. The largest absolute Gasteiger partial charge is 0.337 e. The molecule has 1 aromatic carbocycles. The van der Waals surface area contributed by atoms with Gasteiger partial charge in [0.25, 0.3) is 5.91 Å². The van der Waals surface area contributed by atoms with Crippen molar-refractivity contribution >= 4 is 18.3 Å². The van der Waals surface area contributed by atoms with Crippen LogP contribution >= 0.6 is 12.4 Å². The molecule has 0 saturated carbocycles. The number of benzene rings is 1. The quantitative estimate of drug-likeness (QED) is 0.880. The molecule has 0 bridgehead atoms. The van der Waals surface area contributed by atoms with E-state index in [1.807, 2.05) is 9.58 Å². The highest BCUT2D eigenvalue weighted by atomic mass is 35.5. The average Bonchev–Trinajstić information content (AvgIpc) is 3.35. The average molecular weight is 373 g/mol. The summed E-state index contributed by atoms with van der Waals surface area (Å²) in [7, 11) is 0. The molecule has 3 heterocycles. The van der Waals surface area contributed by atoms with Gasteiger partial charge in [0.15, 0.2) is 5.69 Å². The number of amides is 1. The van der Waals surface area contributed by atoms with Gasteiger partial charge >= 0.3 is 0 Å². The smallest absolute Gasteiger partial charge is 0.274 e. The predicted octanol–water partition coefficient (Wildman–Crippen LogP) is 2.38. The zero-order valence-corrected chi connectivity index (χ0v) is 15.9. The maximum atomic E-state index is 13.2. The Hall–Kier alpha value is -1.85. The van der Waals surface area contributed by atoms with Crippen LogP contribution in [0.15, 0.2) is 24.3 Å². The lowest BCUT2D eigenvalue weighted by Crippen LogP contribution is -2.32. The summed E-state index contributed by atoms with van der Waals surface area (Å²) < 4.78 is 2.01.